The average Bonchev–Trinajstić information content (AvgIpc) is 2.84. The number of nitrogens with two attached hydrogens (primary N) is 1. The van der Waals surface area contributed by atoms with Gasteiger partial charge in [-0.25, -0.2) is 8.42 Å². The minimum absolute atomic E-state index is 0.0378. The summed E-state index contributed by atoms with van der Waals surface area (Å²) in [6, 6.07) is 1.74. The van der Waals surface area contributed by atoms with E-state index in [-0.39, 0.29) is 6.04 Å². The minimum Gasteiger partial charge on any atom is -0.349 e. The van der Waals surface area contributed by atoms with Gasteiger partial charge in [0.1, 0.15) is 4.90 Å². The van der Waals surface area contributed by atoms with E-state index >= 15 is 0 Å². The predicted octanol–water partition coefficient (Wildman–Crippen LogP) is 2.17. The van der Waals surface area contributed by atoms with Crippen molar-refractivity contribution in [2.45, 2.75) is 64.1 Å². The van der Waals surface area contributed by atoms with Gasteiger partial charge < -0.3 is 10.3 Å². The smallest absolute Gasteiger partial charge is 0.244 e. The number of rotatable bonds is 8. The van der Waals surface area contributed by atoms with Gasteiger partial charge in [0, 0.05) is 38.1 Å². The summed E-state index contributed by atoms with van der Waals surface area (Å²) in [7, 11) is -1.78. The van der Waals surface area contributed by atoms with Crippen molar-refractivity contribution in [1.29, 1.82) is 0 Å². The third kappa shape index (κ3) is 3.42. The Hall–Kier alpha value is -0.850. The maximum atomic E-state index is 12.6. The van der Waals surface area contributed by atoms with Crippen LogP contribution in [-0.4, -0.2) is 30.4 Å². The second kappa shape index (κ2) is 7.24. The maximum absolute atomic E-state index is 12.6. The highest BCUT2D eigenvalue weighted by Gasteiger charge is 2.27. The SMILES string of the molecule is CCCn1cc(S(=O)(=O)N(C)C(CC)CC)cc1CN. The van der Waals surface area contributed by atoms with Crippen molar-refractivity contribution in [2.75, 3.05) is 7.05 Å². The van der Waals surface area contributed by atoms with Crippen LogP contribution >= 0.6 is 0 Å². The Morgan fingerprint density at radius 1 is 1.30 bits per heavy atom. The standard InChI is InChI=1S/C14H27N3O2S/c1-5-8-17-11-14(9-13(17)10-15)20(18,19)16(4)12(6-2)7-3/h9,11-12H,5-8,10,15H2,1-4H3. The highest BCUT2D eigenvalue weighted by Crippen LogP contribution is 2.22. The summed E-state index contributed by atoms with van der Waals surface area (Å²) >= 11 is 0. The van der Waals surface area contributed by atoms with Gasteiger partial charge in [-0.2, -0.15) is 4.31 Å². The van der Waals surface area contributed by atoms with Crippen LogP contribution in [0.5, 0.6) is 0 Å². The van der Waals surface area contributed by atoms with Gasteiger partial charge in [-0.15, -0.1) is 0 Å². The first-order valence-corrected chi connectivity index (χ1v) is 8.73. The lowest BCUT2D eigenvalue weighted by Gasteiger charge is -2.24. The first-order valence-electron chi connectivity index (χ1n) is 7.29. The van der Waals surface area contributed by atoms with E-state index in [1.807, 2.05) is 18.4 Å². The summed E-state index contributed by atoms with van der Waals surface area (Å²) in [6.07, 6.45) is 4.28. The molecule has 0 aliphatic heterocycles. The zero-order chi connectivity index (χ0) is 15.3. The molecule has 0 atom stereocenters. The highest BCUT2D eigenvalue weighted by molar-refractivity contribution is 7.89. The van der Waals surface area contributed by atoms with Crippen molar-refractivity contribution in [3.05, 3.63) is 18.0 Å². The van der Waals surface area contributed by atoms with Crippen LogP contribution in [0, 0.1) is 0 Å². The first-order chi connectivity index (χ1) is 9.42. The van der Waals surface area contributed by atoms with Crippen LogP contribution < -0.4 is 5.73 Å². The number of aryl methyl sites for hydroxylation is 1. The summed E-state index contributed by atoms with van der Waals surface area (Å²) in [5.74, 6) is 0. The number of nitrogens with zero attached hydrogens (tertiary/aromatic N) is 2. The normalized spacial score (nSPS) is 12.6. The molecule has 20 heavy (non-hydrogen) atoms. The maximum Gasteiger partial charge on any atom is 0.244 e. The number of sulfonamides is 1. The molecule has 0 amide bonds. The van der Waals surface area contributed by atoms with Gasteiger partial charge in [0.15, 0.2) is 0 Å². The van der Waals surface area contributed by atoms with E-state index in [1.54, 1.807) is 19.3 Å². The zero-order valence-corrected chi connectivity index (χ0v) is 13.8. The van der Waals surface area contributed by atoms with Gasteiger partial charge in [-0.1, -0.05) is 20.8 Å². The van der Waals surface area contributed by atoms with Crippen molar-refractivity contribution >= 4 is 10.0 Å². The van der Waals surface area contributed by atoms with Crippen molar-refractivity contribution in [3.63, 3.8) is 0 Å². The fourth-order valence-electron chi connectivity index (χ4n) is 2.45. The lowest BCUT2D eigenvalue weighted by molar-refractivity contribution is 0.349. The van der Waals surface area contributed by atoms with Crippen molar-refractivity contribution in [2.24, 2.45) is 5.73 Å². The third-order valence-electron chi connectivity index (χ3n) is 3.77. The Bertz CT molecular complexity index is 519. The predicted molar refractivity (Wildman–Crippen MR) is 81.9 cm³/mol. The molecule has 0 radical (unpaired) electrons. The fourth-order valence-corrected chi connectivity index (χ4v) is 4.02. The molecule has 116 valence electrons. The van der Waals surface area contributed by atoms with E-state index in [0.29, 0.717) is 11.4 Å². The molecule has 2 N–H and O–H groups in total. The number of hydrogen-bond acceptors (Lipinski definition) is 3. The lowest BCUT2D eigenvalue weighted by Crippen LogP contribution is -2.36. The molecule has 1 aromatic heterocycles. The third-order valence-corrected chi connectivity index (χ3v) is 5.64. The van der Waals surface area contributed by atoms with Crippen LogP contribution in [-0.2, 0) is 23.1 Å². The summed E-state index contributed by atoms with van der Waals surface area (Å²) in [6.45, 7) is 7.22. The average molecular weight is 301 g/mol. The molecule has 1 aromatic rings. The van der Waals surface area contributed by atoms with Crippen LogP contribution in [0.4, 0.5) is 0 Å². The van der Waals surface area contributed by atoms with E-state index in [4.69, 9.17) is 5.73 Å². The molecule has 0 aliphatic rings. The molecule has 1 rings (SSSR count). The van der Waals surface area contributed by atoms with Gasteiger partial charge in [0.05, 0.1) is 0 Å². The fraction of sp³-hybridized carbons (Fsp3) is 0.714. The molecule has 0 bridgehead atoms. The molecule has 1 heterocycles. The lowest BCUT2D eigenvalue weighted by atomic mass is 10.2. The summed E-state index contributed by atoms with van der Waals surface area (Å²) in [5.41, 5.74) is 6.56. The Morgan fingerprint density at radius 2 is 1.90 bits per heavy atom. The molecular formula is C14H27N3O2S. The molecule has 0 aromatic carbocycles. The quantitative estimate of drug-likeness (QED) is 0.800. The highest BCUT2D eigenvalue weighted by atomic mass is 32.2. The van der Waals surface area contributed by atoms with Gasteiger partial charge in [0.2, 0.25) is 10.0 Å². The van der Waals surface area contributed by atoms with Crippen molar-refractivity contribution in [1.82, 2.24) is 8.87 Å². The molecular weight excluding hydrogens is 274 g/mol. The Balaban J connectivity index is 3.15. The molecule has 0 fully saturated rings. The van der Waals surface area contributed by atoms with E-state index < -0.39 is 10.0 Å². The number of hydrogen-bond donors (Lipinski definition) is 1. The van der Waals surface area contributed by atoms with Crippen LogP contribution in [0.1, 0.15) is 45.7 Å². The van der Waals surface area contributed by atoms with Crippen LogP contribution in [0.3, 0.4) is 0 Å². The molecule has 0 saturated heterocycles. The second-order valence-corrected chi connectivity index (χ2v) is 7.05. The van der Waals surface area contributed by atoms with E-state index in [9.17, 15) is 8.42 Å². The molecule has 6 heteroatoms. The minimum atomic E-state index is -3.44. The number of aromatic nitrogens is 1. The summed E-state index contributed by atoms with van der Waals surface area (Å²) < 4.78 is 28.7. The molecule has 0 spiro atoms. The van der Waals surface area contributed by atoms with Crippen LogP contribution in [0.15, 0.2) is 17.2 Å². The van der Waals surface area contributed by atoms with Crippen molar-refractivity contribution in [3.8, 4) is 0 Å². The summed E-state index contributed by atoms with van der Waals surface area (Å²) in [5, 5.41) is 0. The van der Waals surface area contributed by atoms with Crippen molar-refractivity contribution < 1.29 is 8.42 Å². The van der Waals surface area contributed by atoms with E-state index in [2.05, 4.69) is 6.92 Å². The summed E-state index contributed by atoms with van der Waals surface area (Å²) in [4.78, 5) is 0.348. The Morgan fingerprint density at radius 3 is 2.35 bits per heavy atom. The molecule has 0 saturated carbocycles. The van der Waals surface area contributed by atoms with E-state index in [1.165, 1.54) is 4.31 Å². The Kier molecular flexibility index (Phi) is 6.23. The molecule has 5 nitrogen and oxygen atoms in total. The van der Waals surface area contributed by atoms with Gasteiger partial charge >= 0.3 is 0 Å². The topological polar surface area (TPSA) is 68.3 Å². The molecule has 0 aliphatic carbocycles. The Labute approximate surface area is 122 Å². The van der Waals surface area contributed by atoms with Gasteiger partial charge in [-0.3, -0.25) is 0 Å². The monoisotopic (exact) mass is 301 g/mol. The van der Waals surface area contributed by atoms with Crippen LogP contribution in [0.25, 0.3) is 0 Å². The van der Waals surface area contributed by atoms with Gasteiger partial charge in [-0.05, 0) is 25.3 Å². The van der Waals surface area contributed by atoms with Crippen LogP contribution in [0.2, 0.25) is 0 Å². The first kappa shape index (κ1) is 17.2. The largest absolute Gasteiger partial charge is 0.349 e. The van der Waals surface area contributed by atoms with E-state index in [0.717, 1.165) is 31.5 Å². The second-order valence-electron chi connectivity index (χ2n) is 5.06. The molecule has 0 unspecified atom stereocenters. The van der Waals surface area contributed by atoms with Gasteiger partial charge in [0.25, 0.3) is 0 Å². The zero-order valence-electron chi connectivity index (χ0n) is 13.0.